The normalized spacial score (nSPS) is 21.0. The summed E-state index contributed by atoms with van der Waals surface area (Å²) in [4.78, 5) is 11.6. The highest BCUT2D eigenvalue weighted by molar-refractivity contribution is 6.55. The lowest BCUT2D eigenvalue weighted by atomic mass is 9.73. The van der Waals surface area contributed by atoms with Crippen LogP contribution >= 0.6 is 0 Å². The minimum Gasteiger partial charge on any atom is -0.459 e. The molecule has 0 aromatic rings. The van der Waals surface area contributed by atoms with Crippen molar-refractivity contribution in [2.45, 2.75) is 104 Å². The van der Waals surface area contributed by atoms with Crippen molar-refractivity contribution in [1.29, 1.82) is 0 Å². The fourth-order valence-electron chi connectivity index (χ4n) is 2.71. The van der Waals surface area contributed by atoms with E-state index in [1.165, 1.54) is 6.92 Å². The number of allylic oxidation sites excluding steroid dienone is 1. The Bertz CT molecular complexity index is 427. The minimum absolute atomic E-state index is 0.256. The van der Waals surface area contributed by atoms with Crippen LogP contribution in [0.5, 0.6) is 0 Å². The first-order valence-corrected chi connectivity index (χ1v) is 9.37. The number of rotatable bonds is 9. The molecule has 0 aromatic carbocycles. The molecule has 1 rings (SSSR count). The summed E-state index contributed by atoms with van der Waals surface area (Å²) in [6.45, 7) is 14.0. The Morgan fingerprint density at radius 2 is 1.62 bits per heavy atom. The second kappa shape index (κ2) is 9.05. The Morgan fingerprint density at radius 1 is 1.08 bits per heavy atom. The number of carbonyl (C=O) groups excluding carboxylic acids is 1. The predicted octanol–water partition coefficient (Wildman–Crippen LogP) is 4.86. The third-order valence-corrected chi connectivity index (χ3v) is 4.96. The molecule has 1 fully saturated rings. The topological polar surface area (TPSA) is 44.8 Å². The molecule has 0 bridgehead atoms. The van der Waals surface area contributed by atoms with E-state index in [-0.39, 0.29) is 12.1 Å². The largest absolute Gasteiger partial charge is 0.494 e. The first kappa shape index (κ1) is 21.2. The average Bonchev–Trinajstić information content (AvgIpc) is 2.68. The molecule has 24 heavy (non-hydrogen) atoms. The van der Waals surface area contributed by atoms with E-state index in [9.17, 15) is 4.79 Å². The van der Waals surface area contributed by atoms with Gasteiger partial charge < -0.3 is 14.0 Å². The fourth-order valence-corrected chi connectivity index (χ4v) is 2.71. The van der Waals surface area contributed by atoms with E-state index in [1.807, 2.05) is 27.7 Å². The number of hydrogen-bond acceptors (Lipinski definition) is 4. The number of esters is 1. The van der Waals surface area contributed by atoms with Crippen LogP contribution in [0.15, 0.2) is 11.5 Å². The molecule has 1 heterocycles. The van der Waals surface area contributed by atoms with Crippen LogP contribution in [0.2, 0.25) is 0 Å². The molecule has 0 radical (unpaired) electrons. The van der Waals surface area contributed by atoms with Crippen LogP contribution in [0, 0.1) is 0 Å². The van der Waals surface area contributed by atoms with E-state index in [4.69, 9.17) is 14.0 Å². The van der Waals surface area contributed by atoms with E-state index >= 15 is 0 Å². The van der Waals surface area contributed by atoms with Gasteiger partial charge in [0, 0.05) is 6.92 Å². The van der Waals surface area contributed by atoms with Gasteiger partial charge in [0.2, 0.25) is 0 Å². The van der Waals surface area contributed by atoms with E-state index in [2.05, 4.69) is 19.9 Å². The molecular weight excluding hydrogens is 303 g/mol. The molecule has 4 nitrogen and oxygen atoms in total. The number of ether oxygens (including phenoxy) is 1. The summed E-state index contributed by atoms with van der Waals surface area (Å²) < 4.78 is 18.1. The molecule has 0 spiro atoms. The number of hydrogen-bond donors (Lipinski definition) is 0. The van der Waals surface area contributed by atoms with Crippen LogP contribution in [-0.2, 0) is 18.8 Å². The number of unbranched alkanes of at least 4 members (excludes halogenated alkanes) is 3. The van der Waals surface area contributed by atoms with Crippen LogP contribution in [0.4, 0.5) is 0 Å². The van der Waals surface area contributed by atoms with Gasteiger partial charge in [-0.15, -0.1) is 0 Å². The van der Waals surface area contributed by atoms with E-state index in [0.29, 0.717) is 0 Å². The molecular formula is C19H35BO4. The van der Waals surface area contributed by atoms with Crippen LogP contribution in [0.1, 0.15) is 87.0 Å². The molecule has 0 amide bonds. The zero-order chi connectivity index (χ0) is 18.4. The van der Waals surface area contributed by atoms with Gasteiger partial charge in [0.1, 0.15) is 6.10 Å². The maximum Gasteiger partial charge on any atom is 0.494 e. The first-order valence-electron chi connectivity index (χ1n) is 9.37. The standard InChI is InChI=1S/C19H35BO4/c1-8-10-12-13-16(17(14-11-9-2)22-15(3)21)20-23-18(4,5)19(6,7)24-20/h13,17H,8-12,14H2,1-7H3/b16-13-. The SMILES string of the molecule is CCCC/C=C(\B1OC(C)(C)C(C)(C)O1)C(CCCC)OC(C)=O. The maximum absolute atomic E-state index is 11.6. The summed E-state index contributed by atoms with van der Waals surface area (Å²) in [5.74, 6) is -0.256. The predicted molar refractivity (Wildman–Crippen MR) is 98.8 cm³/mol. The van der Waals surface area contributed by atoms with Crippen LogP contribution < -0.4 is 0 Å². The molecule has 1 aliphatic heterocycles. The Balaban J connectivity index is 3.05. The van der Waals surface area contributed by atoms with Crippen molar-refractivity contribution in [2.24, 2.45) is 0 Å². The van der Waals surface area contributed by atoms with Crippen LogP contribution in [0.25, 0.3) is 0 Å². The Hall–Kier alpha value is -0.805. The second-order valence-corrected chi connectivity index (χ2v) is 7.67. The second-order valence-electron chi connectivity index (χ2n) is 7.67. The lowest BCUT2D eigenvalue weighted by molar-refractivity contribution is -0.144. The van der Waals surface area contributed by atoms with Crippen molar-refractivity contribution >= 4 is 13.1 Å². The van der Waals surface area contributed by atoms with Crippen molar-refractivity contribution in [2.75, 3.05) is 0 Å². The summed E-state index contributed by atoms with van der Waals surface area (Å²) in [7, 11) is -0.451. The minimum atomic E-state index is -0.451. The van der Waals surface area contributed by atoms with Gasteiger partial charge in [-0.1, -0.05) is 39.2 Å². The highest BCUT2D eigenvalue weighted by atomic mass is 16.7. The summed E-state index contributed by atoms with van der Waals surface area (Å²) in [6, 6.07) is 0. The van der Waals surface area contributed by atoms with Crippen molar-refractivity contribution in [3.8, 4) is 0 Å². The van der Waals surface area contributed by atoms with Gasteiger partial charge in [0.25, 0.3) is 0 Å². The summed E-state index contributed by atoms with van der Waals surface area (Å²) in [5, 5.41) is 0. The molecule has 0 aromatic heterocycles. The molecule has 1 aliphatic rings. The van der Waals surface area contributed by atoms with E-state index < -0.39 is 18.3 Å². The molecule has 138 valence electrons. The van der Waals surface area contributed by atoms with E-state index in [0.717, 1.165) is 44.0 Å². The smallest absolute Gasteiger partial charge is 0.459 e. The van der Waals surface area contributed by atoms with Crippen LogP contribution in [-0.4, -0.2) is 30.4 Å². The third kappa shape index (κ3) is 5.63. The van der Waals surface area contributed by atoms with Gasteiger partial charge >= 0.3 is 13.1 Å². The summed E-state index contributed by atoms with van der Waals surface area (Å²) in [6.07, 6.45) is 7.93. The first-order chi connectivity index (χ1) is 11.1. The Morgan fingerprint density at radius 3 is 2.08 bits per heavy atom. The highest BCUT2D eigenvalue weighted by Gasteiger charge is 2.53. The molecule has 0 saturated carbocycles. The molecule has 0 N–H and O–H groups in total. The van der Waals surface area contributed by atoms with Gasteiger partial charge in [-0.05, 0) is 52.4 Å². The lowest BCUT2D eigenvalue weighted by Gasteiger charge is -2.32. The Labute approximate surface area is 148 Å². The highest BCUT2D eigenvalue weighted by Crippen LogP contribution is 2.40. The quantitative estimate of drug-likeness (QED) is 0.342. The van der Waals surface area contributed by atoms with Crippen molar-refractivity contribution in [3.05, 3.63) is 11.5 Å². The lowest BCUT2D eigenvalue weighted by Crippen LogP contribution is -2.41. The van der Waals surface area contributed by atoms with Crippen molar-refractivity contribution in [3.63, 3.8) is 0 Å². The average molecular weight is 338 g/mol. The van der Waals surface area contributed by atoms with Gasteiger partial charge in [0.15, 0.2) is 0 Å². The van der Waals surface area contributed by atoms with Crippen molar-refractivity contribution in [1.82, 2.24) is 0 Å². The number of carbonyl (C=O) groups is 1. The van der Waals surface area contributed by atoms with Crippen LogP contribution in [0.3, 0.4) is 0 Å². The molecule has 0 aliphatic carbocycles. The van der Waals surface area contributed by atoms with Gasteiger partial charge in [-0.25, -0.2) is 0 Å². The van der Waals surface area contributed by atoms with E-state index in [1.54, 1.807) is 0 Å². The zero-order valence-electron chi connectivity index (χ0n) is 16.6. The summed E-state index contributed by atoms with van der Waals surface area (Å²) >= 11 is 0. The van der Waals surface area contributed by atoms with Gasteiger partial charge in [-0.2, -0.15) is 0 Å². The molecule has 1 saturated heterocycles. The Kier molecular flexibility index (Phi) is 8.01. The monoisotopic (exact) mass is 338 g/mol. The summed E-state index contributed by atoms with van der Waals surface area (Å²) in [5.41, 5.74) is 0.172. The van der Waals surface area contributed by atoms with Gasteiger partial charge in [-0.3, -0.25) is 4.79 Å². The third-order valence-electron chi connectivity index (χ3n) is 4.96. The van der Waals surface area contributed by atoms with Crippen molar-refractivity contribution < 1.29 is 18.8 Å². The molecule has 1 atom stereocenters. The zero-order valence-corrected chi connectivity index (χ0v) is 16.6. The fraction of sp³-hybridized carbons (Fsp3) is 0.842. The molecule has 1 unspecified atom stereocenters. The molecule has 5 heteroatoms. The maximum atomic E-state index is 11.6. The van der Waals surface area contributed by atoms with Gasteiger partial charge in [0.05, 0.1) is 11.2 Å².